The van der Waals surface area contributed by atoms with Gasteiger partial charge >= 0.3 is 0 Å². The summed E-state index contributed by atoms with van der Waals surface area (Å²) < 4.78 is 12.6. The van der Waals surface area contributed by atoms with Crippen LogP contribution in [-0.2, 0) is 22.6 Å². The van der Waals surface area contributed by atoms with Gasteiger partial charge in [0.15, 0.2) is 11.4 Å². The molecule has 29 heavy (non-hydrogen) atoms. The molecule has 1 aliphatic heterocycles. The first-order chi connectivity index (χ1) is 14.2. The highest BCUT2D eigenvalue weighted by atomic mass is 32.2. The van der Waals surface area contributed by atoms with Crippen LogP contribution in [0, 0.1) is 0 Å². The molecule has 0 amide bonds. The van der Waals surface area contributed by atoms with E-state index in [1.54, 1.807) is 11.8 Å². The highest BCUT2D eigenvalue weighted by Gasteiger charge is 2.32. The summed E-state index contributed by atoms with van der Waals surface area (Å²) in [5.41, 5.74) is 9.70. The highest BCUT2D eigenvalue weighted by molar-refractivity contribution is 7.99. The number of benzene rings is 2. The summed E-state index contributed by atoms with van der Waals surface area (Å²) in [6.45, 7) is 0.532. The third-order valence-electron chi connectivity index (χ3n) is 4.90. The third-order valence-corrected chi connectivity index (χ3v) is 5.91. The summed E-state index contributed by atoms with van der Waals surface area (Å²) in [7, 11) is 0. The van der Waals surface area contributed by atoms with Crippen LogP contribution in [0.2, 0.25) is 0 Å². The number of H-pyrrole nitrogens is 1. The quantitative estimate of drug-likeness (QED) is 0.512. The molecule has 1 saturated heterocycles. The number of ether oxygens (including phenoxy) is 2. The number of nitrogens with zero attached hydrogens (tertiary/aromatic N) is 2. The smallest absolute Gasteiger partial charge is 0.184 e. The maximum atomic E-state index is 9.30. The molecule has 8 heteroatoms. The van der Waals surface area contributed by atoms with Gasteiger partial charge in [-0.05, 0) is 16.7 Å². The number of nitrogens with two attached hydrogens (primary N) is 1. The van der Waals surface area contributed by atoms with Crippen molar-refractivity contribution in [1.29, 1.82) is 0 Å². The SMILES string of the molecule is NCc1ccc([C@H]2O[C@@H](CSc3ncn[nH]3)C[C@@H](c3ccc(CO)cc3)O2)cc1. The Morgan fingerprint density at radius 3 is 2.41 bits per heavy atom. The van der Waals surface area contributed by atoms with Gasteiger partial charge in [0.25, 0.3) is 0 Å². The van der Waals surface area contributed by atoms with Gasteiger partial charge in [0.2, 0.25) is 0 Å². The Morgan fingerprint density at radius 1 is 1.03 bits per heavy atom. The molecule has 7 nitrogen and oxygen atoms in total. The number of aromatic nitrogens is 3. The maximum absolute atomic E-state index is 9.30. The minimum absolute atomic E-state index is 0.0134. The molecule has 2 heterocycles. The van der Waals surface area contributed by atoms with Crippen LogP contribution in [0.4, 0.5) is 0 Å². The second kappa shape index (κ2) is 9.51. The van der Waals surface area contributed by atoms with Gasteiger partial charge < -0.3 is 20.3 Å². The Balaban J connectivity index is 1.53. The molecule has 2 aromatic carbocycles. The lowest BCUT2D eigenvalue weighted by molar-refractivity contribution is -0.245. The predicted molar refractivity (Wildman–Crippen MR) is 110 cm³/mol. The molecule has 3 atom stereocenters. The molecule has 0 spiro atoms. The van der Waals surface area contributed by atoms with Crippen molar-refractivity contribution in [2.45, 2.75) is 43.2 Å². The molecule has 0 aliphatic carbocycles. The molecule has 3 aromatic rings. The first-order valence-corrected chi connectivity index (χ1v) is 10.5. The van der Waals surface area contributed by atoms with Crippen LogP contribution in [0.3, 0.4) is 0 Å². The van der Waals surface area contributed by atoms with Gasteiger partial charge in [0.05, 0.1) is 18.8 Å². The van der Waals surface area contributed by atoms with E-state index < -0.39 is 6.29 Å². The van der Waals surface area contributed by atoms with Crippen LogP contribution in [0.25, 0.3) is 0 Å². The van der Waals surface area contributed by atoms with Crippen LogP contribution in [0.5, 0.6) is 0 Å². The summed E-state index contributed by atoms with van der Waals surface area (Å²) in [6, 6.07) is 15.9. The van der Waals surface area contributed by atoms with Crippen LogP contribution in [-0.4, -0.2) is 32.1 Å². The summed E-state index contributed by atoms with van der Waals surface area (Å²) in [6.07, 6.45) is 1.66. The van der Waals surface area contributed by atoms with E-state index in [1.165, 1.54) is 6.33 Å². The average molecular weight is 413 g/mol. The van der Waals surface area contributed by atoms with E-state index in [2.05, 4.69) is 15.2 Å². The standard InChI is InChI=1S/C21H24N4O3S/c22-10-14-1-7-17(8-2-14)20-27-18(12-29-21-23-13-24-25-21)9-19(28-20)16-5-3-15(11-26)4-6-16/h1-8,13,18-20,26H,9-12,22H2,(H,23,24,25)/t18-,19+,20+/m1/s1. The molecule has 0 saturated carbocycles. The van der Waals surface area contributed by atoms with Crippen molar-refractivity contribution in [3.63, 3.8) is 0 Å². The molecule has 0 bridgehead atoms. The lowest BCUT2D eigenvalue weighted by Gasteiger charge is -2.36. The Hall–Kier alpha value is -2.23. The molecule has 4 N–H and O–H groups in total. The third kappa shape index (κ3) is 5.04. The molecule has 1 aromatic heterocycles. The molecule has 0 unspecified atom stereocenters. The summed E-state index contributed by atoms with van der Waals surface area (Å²) in [5.74, 6) is 0.737. The topological polar surface area (TPSA) is 106 Å². The number of rotatable bonds is 7. The van der Waals surface area contributed by atoms with E-state index in [9.17, 15) is 5.11 Å². The number of aromatic amines is 1. The van der Waals surface area contributed by atoms with Gasteiger partial charge in [-0.3, -0.25) is 5.10 Å². The predicted octanol–water partition coefficient (Wildman–Crippen LogP) is 3.09. The molecular weight excluding hydrogens is 388 g/mol. The zero-order valence-corrected chi connectivity index (χ0v) is 16.7. The first-order valence-electron chi connectivity index (χ1n) is 9.53. The van der Waals surface area contributed by atoms with Gasteiger partial charge in [0, 0.05) is 24.3 Å². The van der Waals surface area contributed by atoms with Crippen molar-refractivity contribution in [2.24, 2.45) is 5.73 Å². The minimum Gasteiger partial charge on any atom is -0.392 e. The fraction of sp³-hybridized carbons (Fsp3) is 0.333. The number of aliphatic hydroxyl groups excluding tert-OH is 1. The minimum atomic E-state index is -0.460. The van der Waals surface area contributed by atoms with Crippen molar-refractivity contribution < 1.29 is 14.6 Å². The zero-order chi connectivity index (χ0) is 20.1. The largest absolute Gasteiger partial charge is 0.392 e. The van der Waals surface area contributed by atoms with Crippen molar-refractivity contribution in [3.8, 4) is 0 Å². The van der Waals surface area contributed by atoms with Crippen molar-refractivity contribution in [3.05, 3.63) is 77.1 Å². The molecule has 1 aliphatic rings. The number of thioether (sulfide) groups is 1. The van der Waals surface area contributed by atoms with E-state index >= 15 is 0 Å². The maximum Gasteiger partial charge on any atom is 0.184 e. The summed E-state index contributed by atoms with van der Waals surface area (Å²) in [5, 5.41) is 16.8. The summed E-state index contributed by atoms with van der Waals surface area (Å²) >= 11 is 1.58. The fourth-order valence-corrected chi connectivity index (χ4v) is 4.07. The summed E-state index contributed by atoms with van der Waals surface area (Å²) in [4.78, 5) is 4.17. The van der Waals surface area contributed by atoms with E-state index in [0.29, 0.717) is 6.54 Å². The first kappa shape index (κ1) is 20.1. The van der Waals surface area contributed by atoms with Gasteiger partial charge in [-0.25, -0.2) is 4.98 Å². The van der Waals surface area contributed by atoms with Gasteiger partial charge in [-0.2, -0.15) is 5.10 Å². The van der Waals surface area contributed by atoms with Crippen LogP contribution in [0.15, 0.2) is 60.0 Å². The van der Waals surface area contributed by atoms with Crippen molar-refractivity contribution in [2.75, 3.05) is 5.75 Å². The van der Waals surface area contributed by atoms with E-state index in [4.69, 9.17) is 15.2 Å². The van der Waals surface area contributed by atoms with E-state index in [0.717, 1.165) is 39.6 Å². The Kier molecular flexibility index (Phi) is 6.58. The molecular formula is C21H24N4O3S. The highest BCUT2D eigenvalue weighted by Crippen LogP contribution is 2.39. The Labute approximate surface area is 173 Å². The second-order valence-electron chi connectivity index (χ2n) is 6.90. The normalized spacial score (nSPS) is 21.9. The second-order valence-corrected chi connectivity index (χ2v) is 7.91. The monoisotopic (exact) mass is 412 g/mol. The van der Waals surface area contributed by atoms with Crippen molar-refractivity contribution in [1.82, 2.24) is 15.2 Å². The number of hydrogen-bond donors (Lipinski definition) is 3. The number of hydrogen-bond acceptors (Lipinski definition) is 7. The van der Waals surface area contributed by atoms with Gasteiger partial charge in [-0.15, -0.1) is 0 Å². The van der Waals surface area contributed by atoms with Gasteiger partial charge in [-0.1, -0.05) is 60.3 Å². The van der Waals surface area contributed by atoms with E-state index in [1.807, 2.05) is 48.5 Å². The van der Waals surface area contributed by atoms with E-state index in [-0.39, 0.29) is 18.8 Å². The lowest BCUT2D eigenvalue weighted by Crippen LogP contribution is -2.31. The van der Waals surface area contributed by atoms with Crippen molar-refractivity contribution >= 4 is 11.8 Å². The van der Waals surface area contributed by atoms with Crippen LogP contribution >= 0.6 is 11.8 Å². The number of nitrogens with one attached hydrogen (secondary N) is 1. The van der Waals surface area contributed by atoms with Crippen LogP contribution < -0.4 is 5.73 Å². The molecule has 152 valence electrons. The Morgan fingerprint density at radius 2 is 1.76 bits per heavy atom. The fourth-order valence-electron chi connectivity index (χ4n) is 3.27. The molecule has 4 rings (SSSR count). The van der Waals surface area contributed by atoms with Crippen LogP contribution in [0.1, 0.15) is 41.1 Å². The lowest BCUT2D eigenvalue weighted by atomic mass is 10.0. The average Bonchev–Trinajstić information content (AvgIpc) is 3.31. The molecule has 0 radical (unpaired) electrons. The zero-order valence-electron chi connectivity index (χ0n) is 15.9. The Bertz CT molecular complexity index is 832. The van der Waals surface area contributed by atoms with Gasteiger partial charge in [0.1, 0.15) is 6.33 Å². The molecule has 1 fully saturated rings. The number of aliphatic hydroxyl groups is 1.